The van der Waals surface area contributed by atoms with Crippen LogP contribution < -0.4 is 10.2 Å². The predicted octanol–water partition coefficient (Wildman–Crippen LogP) is 3.08. The highest BCUT2D eigenvalue weighted by molar-refractivity contribution is 6.30. The number of hydrogen-bond donors (Lipinski definition) is 2. The van der Waals surface area contributed by atoms with Crippen molar-refractivity contribution in [2.24, 2.45) is 0 Å². The van der Waals surface area contributed by atoms with Crippen LogP contribution in [-0.2, 0) is 16.0 Å². The van der Waals surface area contributed by atoms with E-state index in [1.807, 2.05) is 24.3 Å². The number of pyridine rings is 1. The summed E-state index contributed by atoms with van der Waals surface area (Å²) in [5.41, 5.74) is 3.01. The summed E-state index contributed by atoms with van der Waals surface area (Å²) < 4.78 is 5.75. The van der Waals surface area contributed by atoms with E-state index in [4.69, 9.17) is 16.3 Å². The third-order valence-corrected chi connectivity index (χ3v) is 5.91. The normalized spacial score (nSPS) is 21.1. The third-order valence-electron chi connectivity index (χ3n) is 5.70. The van der Waals surface area contributed by atoms with E-state index < -0.39 is 6.04 Å². The molecule has 7 nitrogen and oxygen atoms in total. The van der Waals surface area contributed by atoms with Crippen molar-refractivity contribution in [3.63, 3.8) is 0 Å². The second-order valence-electron chi connectivity index (χ2n) is 7.72. The fourth-order valence-corrected chi connectivity index (χ4v) is 4.38. The molecule has 1 aromatic carbocycles. The Morgan fingerprint density at radius 1 is 1.33 bits per heavy atom. The summed E-state index contributed by atoms with van der Waals surface area (Å²) >= 11 is 5.93. The molecule has 8 heteroatoms. The lowest BCUT2D eigenvalue weighted by Crippen LogP contribution is -2.54. The molecule has 2 unspecified atom stereocenters. The van der Waals surface area contributed by atoms with Gasteiger partial charge in [0.15, 0.2) is 0 Å². The topological polar surface area (TPSA) is 87.3 Å². The molecule has 0 bridgehead atoms. The number of halogens is 1. The van der Waals surface area contributed by atoms with Gasteiger partial charge in [0.25, 0.3) is 5.91 Å². The van der Waals surface area contributed by atoms with Crippen LogP contribution in [-0.4, -0.2) is 47.1 Å². The molecule has 2 aliphatic heterocycles. The van der Waals surface area contributed by atoms with Crippen molar-refractivity contribution in [1.82, 2.24) is 15.3 Å². The van der Waals surface area contributed by atoms with Crippen molar-refractivity contribution in [3.05, 3.63) is 59.0 Å². The fraction of sp³-hybridized carbons (Fsp3) is 0.318. The van der Waals surface area contributed by atoms with E-state index in [9.17, 15) is 9.59 Å². The summed E-state index contributed by atoms with van der Waals surface area (Å²) in [7, 11) is 0. The summed E-state index contributed by atoms with van der Waals surface area (Å²) in [6.07, 6.45) is 4.01. The van der Waals surface area contributed by atoms with Crippen LogP contribution >= 0.6 is 11.6 Å². The average molecular weight is 425 g/mol. The number of carbonyl (C=O) groups is 2. The molecule has 2 amide bonds. The first-order valence-corrected chi connectivity index (χ1v) is 10.4. The number of H-pyrrole nitrogens is 1. The Labute approximate surface area is 178 Å². The van der Waals surface area contributed by atoms with Gasteiger partial charge in [-0.15, -0.1) is 0 Å². The van der Waals surface area contributed by atoms with E-state index >= 15 is 0 Å². The van der Waals surface area contributed by atoms with E-state index in [0.29, 0.717) is 29.3 Å². The number of ether oxygens (including phenoxy) is 1. The molecule has 2 atom stereocenters. The maximum Gasteiger partial charge on any atom is 0.268 e. The minimum Gasteiger partial charge on any atom is -0.376 e. The molecule has 1 saturated heterocycles. The molecule has 30 heavy (non-hydrogen) atoms. The van der Waals surface area contributed by atoms with Crippen molar-refractivity contribution in [2.75, 3.05) is 18.1 Å². The summed E-state index contributed by atoms with van der Waals surface area (Å²) in [6, 6.07) is 10.6. The zero-order valence-electron chi connectivity index (χ0n) is 16.2. The van der Waals surface area contributed by atoms with Crippen molar-refractivity contribution < 1.29 is 14.3 Å². The number of hydrogen-bond acceptors (Lipinski definition) is 4. The van der Waals surface area contributed by atoms with Crippen molar-refractivity contribution in [1.29, 1.82) is 0 Å². The van der Waals surface area contributed by atoms with Gasteiger partial charge in [-0.3, -0.25) is 9.59 Å². The predicted molar refractivity (Wildman–Crippen MR) is 114 cm³/mol. The van der Waals surface area contributed by atoms with Crippen LogP contribution in [0.25, 0.3) is 10.9 Å². The average Bonchev–Trinajstić information content (AvgIpc) is 3.40. The molecule has 154 valence electrons. The molecule has 5 rings (SSSR count). The van der Waals surface area contributed by atoms with Gasteiger partial charge in [-0.25, -0.2) is 4.98 Å². The number of carbonyl (C=O) groups excluding carboxylic acids is 2. The van der Waals surface area contributed by atoms with Crippen LogP contribution in [0.4, 0.5) is 5.69 Å². The van der Waals surface area contributed by atoms with Crippen LogP contribution in [0.2, 0.25) is 5.15 Å². The lowest BCUT2D eigenvalue weighted by atomic mass is 9.96. The molecular formula is C22H21ClN4O3. The Bertz CT molecular complexity index is 1120. The number of anilines is 1. The molecule has 0 spiro atoms. The lowest BCUT2D eigenvalue weighted by molar-refractivity contribution is -0.121. The first kappa shape index (κ1) is 19.1. The molecular weight excluding hydrogens is 404 g/mol. The van der Waals surface area contributed by atoms with Gasteiger partial charge < -0.3 is 19.9 Å². The lowest BCUT2D eigenvalue weighted by Gasteiger charge is -2.35. The second-order valence-corrected chi connectivity index (χ2v) is 8.11. The first-order chi connectivity index (χ1) is 14.6. The summed E-state index contributed by atoms with van der Waals surface area (Å²) in [5.74, 6) is -0.449. The number of aromatic nitrogens is 2. The molecule has 2 aliphatic rings. The van der Waals surface area contributed by atoms with Crippen LogP contribution in [0.15, 0.2) is 42.6 Å². The largest absolute Gasteiger partial charge is 0.376 e. The smallest absolute Gasteiger partial charge is 0.268 e. The quantitative estimate of drug-likeness (QED) is 0.630. The minimum atomic E-state index is -0.637. The molecule has 3 aromatic rings. The molecule has 1 fully saturated rings. The summed E-state index contributed by atoms with van der Waals surface area (Å²) in [4.78, 5) is 35.0. The van der Waals surface area contributed by atoms with Gasteiger partial charge in [-0.05, 0) is 36.6 Å². The van der Waals surface area contributed by atoms with Crippen LogP contribution in [0.5, 0.6) is 0 Å². The number of rotatable bonds is 4. The maximum absolute atomic E-state index is 13.3. The minimum absolute atomic E-state index is 0.0300. The van der Waals surface area contributed by atoms with Gasteiger partial charge in [0.05, 0.1) is 24.4 Å². The number of nitrogens with one attached hydrogen (secondary N) is 2. The Hall–Kier alpha value is -2.90. The van der Waals surface area contributed by atoms with E-state index in [2.05, 4.69) is 15.3 Å². The van der Waals surface area contributed by atoms with Crippen LogP contribution in [0.3, 0.4) is 0 Å². The molecule has 0 aliphatic carbocycles. The number of fused-ring (bicyclic) bond motifs is 2. The van der Waals surface area contributed by atoms with Gasteiger partial charge in [0.1, 0.15) is 16.9 Å². The van der Waals surface area contributed by atoms with E-state index in [-0.39, 0.29) is 17.9 Å². The highest BCUT2D eigenvalue weighted by Gasteiger charge is 2.35. The Morgan fingerprint density at radius 2 is 2.20 bits per heavy atom. The maximum atomic E-state index is 13.3. The number of para-hydroxylation sites is 1. The van der Waals surface area contributed by atoms with Gasteiger partial charge in [-0.2, -0.15) is 0 Å². The molecule has 2 N–H and O–H groups in total. The molecule has 0 saturated carbocycles. The molecule has 0 radical (unpaired) electrons. The zero-order chi connectivity index (χ0) is 20.7. The van der Waals surface area contributed by atoms with E-state index in [1.54, 1.807) is 23.2 Å². The fourth-order valence-electron chi connectivity index (χ4n) is 4.22. The van der Waals surface area contributed by atoms with Gasteiger partial charge >= 0.3 is 0 Å². The summed E-state index contributed by atoms with van der Waals surface area (Å²) in [5, 5.41) is 4.05. The Balaban J connectivity index is 1.39. The number of amides is 2. The van der Waals surface area contributed by atoms with Gasteiger partial charge in [-0.1, -0.05) is 29.8 Å². The number of aromatic amines is 1. The first-order valence-electron chi connectivity index (χ1n) is 10.0. The highest BCUT2D eigenvalue weighted by Crippen LogP contribution is 2.29. The van der Waals surface area contributed by atoms with E-state index in [0.717, 1.165) is 36.1 Å². The molecule has 4 heterocycles. The second kappa shape index (κ2) is 7.74. The van der Waals surface area contributed by atoms with Crippen molar-refractivity contribution in [3.8, 4) is 0 Å². The SMILES string of the molecule is O=C(NC1Cc2ccccc2N(CC2CCCO2)C1=O)c1cc2cc(Cl)ncc2[nH]1. The Kier molecular flexibility index (Phi) is 4.92. The van der Waals surface area contributed by atoms with Gasteiger partial charge in [0, 0.05) is 24.1 Å². The van der Waals surface area contributed by atoms with Crippen molar-refractivity contribution in [2.45, 2.75) is 31.4 Å². The zero-order valence-corrected chi connectivity index (χ0v) is 17.0. The number of benzene rings is 1. The third kappa shape index (κ3) is 3.55. The Morgan fingerprint density at radius 3 is 3.03 bits per heavy atom. The standard InChI is InChI=1S/C22H21ClN4O3/c23-20-10-14-9-16(25-18(14)11-24-20)21(28)26-17-8-13-4-1-2-6-19(13)27(22(17)29)12-15-5-3-7-30-15/h1-2,4,6,9-11,15,17,25H,3,5,7-8,12H2,(H,26,28). The van der Waals surface area contributed by atoms with E-state index in [1.165, 1.54) is 0 Å². The van der Waals surface area contributed by atoms with Crippen LogP contribution in [0.1, 0.15) is 28.9 Å². The number of nitrogens with zero attached hydrogens (tertiary/aromatic N) is 2. The van der Waals surface area contributed by atoms with Crippen molar-refractivity contribution >= 4 is 40.0 Å². The highest BCUT2D eigenvalue weighted by atomic mass is 35.5. The van der Waals surface area contributed by atoms with Crippen LogP contribution in [0, 0.1) is 0 Å². The summed E-state index contributed by atoms with van der Waals surface area (Å²) in [6.45, 7) is 1.23. The monoisotopic (exact) mass is 424 g/mol. The van der Waals surface area contributed by atoms with Gasteiger partial charge in [0.2, 0.25) is 5.91 Å². The molecule has 2 aromatic heterocycles.